The van der Waals surface area contributed by atoms with Crippen molar-refractivity contribution in [2.24, 2.45) is 0 Å². The molecule has 70 valence electrons. The lowest BCUT2D eigenvalue weighted by molar-refractivity contribution is -0.380. The van der Waals surface area contributed by atoms with Crippen LogP contribution < -0.4 is 5.06 Å². The first kappa shape index (κ1) is 8.39. The smallest absolute Gasteiger partial charge is 0.271 e. The van der Waals surface area contributed by atoms with Crippen LogP contribution in [0.2, 0.25) is 0 Å². The zero-order valence-electron chi connectivity index (χ0n) is 6.67. The second-order valence-corrected chi connectivity index (χ2v) is 3.51. The molecule has 0 amide bonds. The summed E-state index contributed by atoms with van der Waals surface area (Å²) in [6, 6.07) is 0. The summed E-state index contributed by atoms with van der Waals surface area (Å²) >= 11 is 1.03. The van der Waals surface area contributed by atoms with Crippen LogP contribution in [0, 0.1) is 10.1 Å². The highest BCUT2D eigenvalue weighted by Crippen LogP contribution is 2.29. The lowest BCUT2D eigenvalue weighted by atomic mass is 10.5. The van der Waals surface area contributed by atoms with Crippen molar-refractivity contribution in [1.29, 1.82) is 0 Å². The summed E-state index contributed by atoms with van der Waals surface area (Å²) in [7, 11) is 0. The predicted octanol–water partition coefficient (Wildman–Crippen LogP) is 1.19. The van der Waals surface area contributed by atoms with Gasteiger partial charge in [-0.25, -0.2) is 10.0 Å². The second-order valence-electron chi connectivity index (χ2n) is 2.53. The fourth-order valence-electron chi connectivity index (χ4n) is 1.05. The Kier molecular flexibility index (Phi) is 2.11. The largest absolute Gasteiger partial charge is 0.345 e. The van der Waals surface area contributed by atoms with E-state index in [2.05, 4.69) is 4.98 Å². The Morgan fingerprint density at radius 3 is 3.15 bits per heavy atom. The molecule has 0 N–H and O–H groups in total. The molecule has 1 aliphatic heterocycles. The molecule has 0 saturated carbocycles. The first-order valence-electron chi connectivity index (χ1n) is 3.78. The Balaban J connectivity index is 2.16. The number of thiazole rings is 1. The van der Waals surface area contributed by atoms with Gasteiger partial charge in [0, 0.05) is 0 Å². The Morgan fingerprint density at radius 1 is 1.77 bits per heavy atom. The van der Waals surface area contributed by atoms with E-state index in [1.165, 1.54) is 6.20 Å². The minimum Gasteiger partial charge on any atom is -0.271 e. The van der Waals surface area contributed by atoms with E-state index < -0.39 is 4.92 Å². The number of nitro groups is 1. The fourth-order valence-corrected chi connectivity index (χ4v) is 1.77. The maximum Gasteiger partial charge on any atom is 0.345 e. The van der Waals surface area contributed by atoms with Crippen LogP contribution in [-0.2, 0) is 4.84 Å². The molecule has 13 heavy (non-hydrogen) atoms. The molecule has 2 rings (SSSR count). The van der Waals surface area contributed by atoms with Crippen LogP contribution in [0.3, 0.4) is 0 Å². The van der Waals surface area contributed by atoms with Crippen LogP contribution in [0.25, 0.3) is 0 Å². The predicted molar refractivity (Wildman–Crippen MR) is 46.7 cm³/mol. The van der Waals surface area contributed by atoms with Crippen molar-refractivity contribution in [3.05, 3.63) is 16.3 Å². The van der Waals surface area contributed by atoms with Gasteiger partial charge in [0.15, 0.2) is 0 Å². The van der Waals surface area contributed by atoms with E-state index in [1.54, 1.807) is 5.06 Å². The summed E-state index contributed by atoms with van der Waals surface area (Å²) in [5, 5.41) is 12.5. The molecule has 0 spiro atoms. The van der Waals surface area contributed by atoms with Gasteiger partial charge in [-0.3, -0.25) is 15.0 Å². The van der Waals surface area contributed by atoms with Gasteiger partial charge in [-0.1, -0.05) is 0 Å². The summed E-state index contributed by atoms with van der Waals surface area (Å²) in [4.78, 5) is 19.0. The average molecular weight is 201 g/mol. The van der Waals surface area contributed by atoms with Crippen LogP contribution >= 0.6 is 11.3 Å². The van der Waals surface area contributed by atoms with Gasteiger partial charge in [0.1, 0.15) is 6.20 Å². The Hall–Kier alpha value is -1.21. The van der Waals surface area contributed by atoms with Gasteiger partial charge in [0.05, 0.1) is 18.1 Å². The molecule has 1 saturated heterocycles. The highest BCUT2D eigenvalue weighted by Gasteiger charge is 2.20. The maximum atomic E-state index is 10.3. The van der Waals surface area contributed by atoms with E-state index >= 15 is 0 Å². The van der Waals surface area contributed by atoms with Crippen LogP contribution in [-0.4, -0.2) is 23.1 Å². The van der Waals surface area contributed by atoms with E-state index in [-0.39, 0.29) is 5.00 Å². The van der Waals surface area contributed by atoms with E-state index in [0.717, 1.165) is 24.3 Å². The molecule has 0 aromatic carbocycles. The molecule has 0 unspecified atom stereocenters. The minimum atomic E-state index is -0.447. The van der Waals surface area contributed by atoms with Gasteiger partial charge in [0.25, 0.3) is 0 Å². The van der Waals surface area contributed by atoms with Crippen molar-refractivity contribution in [3.8, 4) is 0 Å². The molecule has 6 nitrogen and oxygen atoms in total. The zero-order chi connectivity index (χ0) is 9.26. The number of aromatic nitrogens is 1. The van der Waals surface area contributed by atoms with E-state index in [9.17, 15) is 10.1 Å². The number of hydroxylamine groups is 1. The number of hydrogen-bond donors (Lipinski definition) is 0. The SMILES string of the molecule is O=[N+]([O-])c1cnc(N2CCCO2)s1. The highest BCUT2D eigenvalue weighted by molar-refractivity contribution is 7.18. The van der Waals surface area contributed by atoms with E-state index in [1.807, 2.05) is 0 Å². The molecule has 7 heteroatoms. The fraction of sp³-hybridized carbons (Fsp3) is 0.500. The number of anilines is 1. The van der Waals surface area contributed by atoms with Crippen molar-refractivity contribution in [3.63, 3.8) is 0 Å². The first-order valence-corrected chi connectivity index (χ1v) is 4.60. The van der Waals surface area contributed by atoms with Crippen molar-refractivity contribution in [2.75, 3.05) is 18.2 Å². The summed E-state index contributed by atoms with van der Waals surface area (Å²) in [6.45, 7) is 1.41. The molecular formula is C6H7N3O3S. The molecule has 1 aromatic heterocycles. The van der Waals surface area contributed by atoms with E-state index in [4.69, 9.17) is 4.84 Å². The van der Waals surface area contributed by atoms with Gasteiger partial charge in [-0.2, -0.15) is 0 Å². The lowest BCUT2D eigenvalue weighted by Gasteiger charge is -2.09. The van der Waals surface area contributed by atoms with E-state index in [0.29, 0.717) is 11.7 Å². The van der Waals surface area contributed by atoms with Gasteiger partial charge >= 0.3 is 5.00 Å². The second kappa shape index (κ2) is 3.27. The monoisotopic (exact) mass is 201 g/mol. The molecule has 0 aliphatic carbocycles. The summed E-state index contributed by atoms with van der Waals surface area (Å²) < 4.78 is 0. The van der Waals surface area contributed by atoms with Crippen molar-refractivity contribution < 1.29 is 9.76 Å². The highest BCUT2D eigenvalue weighted by atomic mass is 32.1. The molecular weight excluding hydrogens is 194 g/mol. The number of rotatable bonds is 2. The van der Waals surface area contributed by atoms with Crippen LogP contribution in [0.15, 0.2) is 6.20 Å². The van der Waals surface area contributed by atoms with Gasteiger partial charge < -0.3 is 0 Å². The van der Waals surface area contributed by atoms with Crippen LogP contribution in [0.5, 0.6) is 0 Å². The van der Waals surface area contributed by atoms with Crippen molar-refractivity contribution in [2.45, 2.75) is 6.42 Å². The Morgan fingerprint density at radius 2 is 2.62 bits per heavy atom. The van der Waals surface area contributed by atoms with Crippen LogP contribution in [0.1, 0.15) is 6.42 Å². The summed E-state index contributed by atoms with van der Waals surface area (Å²) in [5.41, 5.74) is 0. The molecule has 1 fully saturated rings. The third kappa shape index (κ3) is 1.61. The van der Waals surface area contributed by atoms with Crippen molar-refractivity contribution in [1.82, 2.24) is 4.98 Å². The number of nitrogens with zero attached hydrogens (tertiary/aromatic N) is 3. The minimum absolute atomic E-state index is 0.0468. The van der Waals surface area contributed by atoms with Crippen molar-refractivity contribution >= 4 is 21.5 Å². The van der Waals surface area contributed by atoms with Crippen LogP contribution in [0.4, 0.5) is 10.1 Å². The quantitative estimate of drug-likeness (QED) is 0.531. The summed E-state index contributed by atoms with van der Waals surface area (Å²) in [5.74, 6) is 0. The topological polar surface area (TPSA) is 68.5 Å². The molecule has 0 bridgehead atoms. The molecule has 1 aliphatic rings. The molecule has 0 atom stereocenters. The Bertz CT molecular complexity index is 321. The third-order valence-electron chi connectivity index (χ3n) is 1.63. The first-order chi connectivity index (χ1) is 6.27. The molecule has 1 aromatic rings. The van der Waals surface area contributed by atoms with Gasteiger partial charge in [-0.05, 0) is 17.8 Å². The summed E-state index contributed by atoms with van der Waals surface area (Å²) in [6.07, 6.45) is 2.19. The molecule has 2 heterocycles. The normalized spacial score (nSPS) is 16.5. The van der Waals surface area contributed by atoms with Gasteiger partial charge in [0.2, 0.25) is 5.13 Å². The average Bonchev–Trinajstić information content (AvgIpc) is 2.75. The maximum absolute atomic E-state index is 10.3. The number of hydrogen-bond acceptors (Lipinski definition) is 6. The van der Waals surface area contributed by atoms with Gasteiger partial charge in [-0.15, -0.1) is 0 Å². The standard InChI is InChI=1S/C6H7N3O3S/c10-9(11)5-4-7-6(13-5)8-2-1-3-12-8/h4H,1-3H2. The lowest BCUT2D eigenvalue weighted by Crippen LogP contribution is -2.15. The third-order valence-corrected chi connectivity index (χ3v) is 2.58. The molecule has 0 radical (unpaired) electrons. The Labute approximate surface area is 77.9 Å². The zero-order valence-corrected chi connectivity index (χ0v) is 7.49.